The molecule has 0 amide bonds. The van der Waals surface area contributed by atoms with E-state index in [1.807, 2.05) is 6.07 Å². The highest BCUT2D eigenvalue weighted by Crippen LogP contribution is 2.22. The molecule has 17 heavy (non-hydrogen) atoms. The Labute approximate surface area is 102 Å². The number of nitrogens with one attached hydrogen (secondary N) is 1. The summed E-state index contributed by atoms with van der Waals surface area (Å²) in [7, 11) is 0. The maximum Gasteiger partial charge on any atom is 0.165 e. The maximum absolute atomic E-state index is 13.6. The molecule has 0 aliphatic carbocycles. The lowest BCUT2D eigenvalue weighted by Crippen LogP contribution is -2.19. The van der Waals surface area contributed by atoms with Crippen molar-refractivity contribution in [1.82, 2.24) is 5.32 Å². The summed E-state index contributed by atoms with van der Waals surface area (Å²) in [6.45, 7) is 9.65. The third-order valence-corrected chi connectivity index (χ3v) is 2.26. The van der Waals surface area contributed by atoms with Crippen LogP contribution < -0.4 is 10.1 Å². The molecule has 0 heterocycles. The molecule has 0 aliphatic heterocycles. The van der Waals surface area contributed by atoms with E-state index in [0.717, 1.165) is 12.1 Å². The predicted molar refractivity (Wildman–Crippen MR) is 68.6 cm³/mol. The molecule has 0 atom stereocenters. The fraction of sp³-hybridized carbons (Fsp3) is 0.429. The second-order valence-electron chi connectivity index (χ2n) is 4.35. The molecule has 0 radical (unpaired) electrons. The molecule has 0 aromatic heterocycles. The van der Waals surface area contributed by atoms with Crippen LogP contribution in [0.4, 0.5) is 4.39 Å². The number of rotatable bonds is 7. The van der Waals surface area contributed by atoms with Crippen LogP contribution in [0.1, 0.15) is 19.4 Å². The van der Waals surface area contributed by atoms with E-state index in [1.54, 1.807) is 12.1 Å². The molecule has 1 aromatic rings. The standard InChI is InChI=1S/C14H20FNO/c1-4-8-17-14-12(6-5-7-13(14)15)10-16-9-11(2)3/h4-7,11,16H,1,8-10H2,2-3H3. The van der Waals surface area contributed by atoms with Crippen molar-refractivity contribution < 1.29 is 9.13 Å². The summed E-state index contributed by atoms with van der Waals surface area (Å²) in [5.74, 6) is 0.570. The highest BCUT2D eigenvalue weighted by Gasteiger charge is 2.09. The van der Waals surface area contributed by atoms with E-state index < -0.39 is 0 Å². The summed E-state index contributed by atoms with van der Waals surface area (Å²) < 4.78 is 18.9. The minimum Gasteiger partial charge on any atom is -0.486 e. The average molecular weight is 237 g/mol. The van der Waals surface area contributed by atoms with Crippen LogP contribution in [-0.2, 0) is 6.54 Å². The summed E-state index contributed by atoms with van der Waals surface area (Å²) in [6.07, 6.45) is 1.61. The molecular formula is C14H20FNO. The number of hydrogen-bond acceptors (Lipinski definition) is 2. The van der Waals surface area contributed by atoms with Gasteiger partial charge in [-0.3, -0.25) is 0 Å². The lowest BCUT2D eigenvalue weighted by molar-refractivity contribution is 0.336. The van der Waals surface area contributed by atoms with Gasteiger partial charge in [-0.15, -0.1) is 0 Å². The Morgan fingerprint density at radius 3 is 2.88 bits per heavy atom. The van der Waals surface area contributed by atoms with Gasteiger partial charge < -0.3 is 10.1 Å². The van der Waals surface area contributed by atoms with E-state index in [4.69, 9.17) is 4.74 Å². The van der Waals surface area contributed by atoms with Crippen molar-refractivity contribution in [2.45, 2.75) is 20.4 Å². The normalized spacial score (nSPS) is 10.6. The first-order chi connectivity index (χ1) is 8.15. The van der Waals surface area contributed by atoms with E-state index in [9.17, 15) is 4.39 Å². The molecule has 0 spiro atoms. The molecule has 1 rings (SSSR count). The zero-order valence-electron chi connectivity index (χ0n) is 10.5. The summed E-state index contributed by atoms with van der Waals surface area (Å²) in [5.41, 5.74) is 0.840. The molecule has 0 aliphatic rings. The zero-order chi connectivity index (χ0) is 12.7. The Bertz CT molecular complexity index is 363. The molecule has 0 saturated carbocycles. The topological polar surface area (TPSA) is 21.3 Å². The molecule has 1 aromatic carbocycles. The highest BCUT2D eigenvalue weighted by molar-refractivity contribution is 5.35. The van der Waals surface area contributed by atoms with Crippen molar-refractivity contribution in [2.75, 3.05) is 13.2 Å². The molecule has 1 N–H and O–H groups in total. The van der Waals surface area contributed by atoms with Crippen LogP contribution in [0.25, 0.3) is 0 Å². The Kier molecular flexibility index (Phi) is 5.70. The first kappa shape index (κ1) is 13.7. The minimum absolute atomic E-state index is 0.318. The van der Waals surface area contributed by atoms with E-state index in [2.05, 4.69) is 25.7 Å². The molecule has 3 heteroatoms. The van der Waals surface area contributed by atoms with Gasteiger partial charge in [-0.2, -0.15) is 0 Å². The first-order valence-corrected chi connectivity index (χ1v) is 5.87. The number of benzene rings is 1. The molecular weight excluding hydrogens is 217 g/mol. The van der Waals surface area contributed by atoms with Crippen molar-refractivity contribution in [3.05, 3.63) is 42.2 Å². The van der Waals surface area contributed by atoms with Crippen molar-refractivity contribution in [3.8, 4) is 5.75 Å². The number of para-hydroxylation sites is 1. The Morgan fingerprint density at radius 2 is 2.24 bits per heavy atom. The fourth-order valence-corrected chi connectivity index (χ4v) is 1.49. The van der Waals surface area contributed by atoms with E-state index >= 15 is 0 Å². The van der Waals surface area contributed by atoms with E-state index in [-0.39, 0.29) is 5.82 Å². The van der Waals surface area contributed by atoms with Crippen molar-refractivity contribution in [3.63, 3.8) is 0 Å². The van der Waals surface area contributed by atoms with Gasteiger partial charge in [0.1, 0.15) is 6.61 Å². The monoisotopic (exact) mass is 237 g/mol. The van der Waals surface area contributed by atoms with Crippen molar-refractivity contribution in [1.29, 1.82) is 0 Å². The van der Waals surface area contributed by atoms with Crippen molar-refractivity contribution in [2.24, 2.45) is 5.92 Å². The van der Waals surface area contributed by atoms with Gasteiger partial charge in [0, 0.05) is 12.1 Å². The third kappa shape index (κ3) is 4.57. The van der Waals surface area contributed by atoms with Gasteiger partial charge in [-0.25, -0.2) is 4.39 Å². The number of hydrogen-bond donors (Lipinski definition) is 1. The second-order valence-corrected chi connectivity index (χ2v) is 4.35. The largest absolute Gasteiger partial charge is 0.486 e. The Hall–Kier alpha value is -1.35. The van der Waals surface area contributed by atoms with Crippen LogP contribution >= 0.6 is 0 Å². The zero-order valence-corrected chi connectivity index (χ0v) is 10.5. The van der Waals surface area contributed by atoms with E-state index in [1.165, 1.54) is 6.07 Å². The van der Waals surface area contributed by atoms with Crippen LogP contribution in [-0.4, -0.2) is 13.2 Å². The van der Waals surface area contributed by atoms with Gasteiger partial charge in [0.2, 0.25) is 0 Å². The van der Waals surface area contributed by atoms with Gasteiger partial charge in [-0.1, -0.05) is 38.6 Å². The third-order valence-electron chi connectivity index (χ3n) is 2.26. The van der Waals surface area contributed by atoms with Crippen molar-refractivity contribution >= 4 is 0 Å². The van der Waals surface area contributed by atoms with Crippen LogP contribution in [0.5, 0.6) is 5.75 Å². The predicted octanol–water partition coefficient (Wildman–Crippen LogP) is 3.14. The maximum atomic E-state index is 13.6. The molecule has 0 fully saturated rings. The molecule has 0 unspecified atom stereocenters. The molecule has 0 saturated heterocycles. The number of ether oxygens (including phenoxy) is 1. The van der Waals surface area contributed by atoms with Gasteiger partial charge >= 0.3 is 0 Å². The lowest BCUT2D eigenvalue weighted by atomic mass is 10.1. The van der Waals surface area contributed by atoms with E-state index in [0.29, 0.717) is 24.8 Å². The Morgan fingerprint density at radius 1 is 1.47 bits per heavy atom. The quantitative estimate of drug-likeness (QED) is 0.736. The van der Waals surface area contributed by atoms with Gasteiger partial charge in [-0.05, 0) is 18.5 Å². The van der Waals surface area contributed by atoms with Crippen LogP contribution in [0, 0.1) is 11.7 Å². The lowest BCUT2D eigenvalue weighted by Gasteiger charge is -2.12. The summed E-state index contributed by atoms with van der Waals surface area (Å²) in [5, 5.41) is 3.27. The molecule has 2 nitrogen and oxygen atoms in total. The van der Waals surface area contributed by atoms with Gasteiger partial charge in [0.15, 0.2) is 11.6 Å². The minimum atomic E-state index is -0.323. The molecule has 0 bridgehead atoms. The number of halogens is 1. The first-order valence-electron chi connectivity index (χ1n) is 5.87. The fourth-order valence-electron chi connectivity index (χ4n) is 1.49. The van der Waals surface area contributed by atoms with Crippen LogP contribution in [0.2, 0.25) is 0 Å². The van der Waals surface area contributed by atoms with Gasteiger partial charge in [0.05, 0.1) is 0 Å². The summed E-state index contributed by atoms with van der Waals surface area (Å²) in [4.78, 5) is 0. The molecule has 94 valence electrons. The van der Waals surface area contributed by atoms with Gasteiger partial charge in [0.25, 0.3) is 0 Å². The van der Waals surface area contributed by atoms with Crippen LogP contribution in [0.3, 0.4) is 0 Å². The smallest absolute Gasteiger partial charge is 0.165 e. The average Bonchev–Trinajstić information content (AvgIpc) is 2.28. The summed E-state index contributed by atoms with van der Waals surface area (Å²) >= 11 is 0. The SMILES string of the molecule is C=CCOc1c(F)cccc1CNCC(C)C. The highest BCUT2D eigenvalue weighted by atomic mass is 19.1. The summed E-state index contributed by atoms with van der Waals surface area (Å²) in [6, 6.07) is 4.97. The second kappa shape index (κ2) is 7.07. The van der Waals surface area contributed by atoms with Crippen LogP contribution in [0.15, 0.2) is 30.9 Å². The Balaban J connectivity index is 2.68.